The molecule has 0 spiro atoms. The highest BCUT2D eigenvalue weighted by atomic mass is 35.5. The monoisotopic (exact) mass is 352 g/mol. The molecular formula is C15H11Cl3N4. The van der Waals surface area contributed by atoms with Crippen LogP contribution in [0.25, 0.3) is 5.65 Å². The third-order valence-corrected chi connectivity index (χ3v) is 4.19. The van der Waals surface area contributed by atoms with Gasteiger partial charge < -0.3 is 0 Å². The molecule has 0 unspecified atom stereocenters. The highest BCUT2D eigenvalue weighted by Crippen LogP contribution is 2.35. The Bertz CT molecular complexity index is 899. The van der Waals surface area contributed by atoms with Crippen molar-refractivity contribution in [1.29, 1.82) is 0 Å². The number of fused-ring (bicyclic) bond motifs is 1. The molecule has 2 heterocycles. The minimum absolute atomic E-state index is 0.380. The van der Waals surface area contributed by atoms with E-state index in [1.165, 1.54) is 0 Å². The average Bonchev–Trinajstić information content (AvgIpc) is 2.76. The van der Waals surface area contributed by atoms with Crippen LogP contribution in [-0.4, -0.2) is 9.38 Å². The highest BCUT2D eigenvalue weighted by molar-refractivity contribution is 6.43. The van der Waals surface area contributed by atoms with E-state index in [9.17, 15) is 0 Å². The molecule has 112 valence electrons. The molecule has 0 aliphatic heterocycles. The van der Waals surface area contributed by atoms with Crippen molar-refractivity contribution in [3.63, 3.8) is 0 Å². The van der Waals surface area contributed by atoms with Crippen LogP contribution in [0.4, 0.5) is 11.5 Å². The van der Waals surface area contributed by atoms with E-state index in [4.69, 9.17) is 34.8 Å². The molecule has 2 aromatic heterocycles. The normalized spacial score (nSPS) is 11.7. The van der Waals surface area contributed by atoms with Crippen molar-refractivity contribution in [1.82, 2.24) is 9.38 Å². The van der Waals surface area contributed by atoms with Crippen LogP contribution in [0.1, 0.15) is 11.3 Å². The molecule has 0 aliphatic carbocycles. The van der Waals surface area contributed by atoms with Gasteiger partial charge in [-0.05, 0) is 43.7 Å². The maximum absolute atomic E-state index is 6.10. The number of hydrogen-bond acceptors (Lipinski definition) is 3. The number of nitrogens with zero attached hydrogens (tertiary/aromatic N) is 4. The Morgan fingerprint density at radius 1 is 0.955 bits per heavy atom. The van der Waals surface area contributed by atoms with E-state index in [-0.39, 0.29) is 0 Å². The summed E-state index contributed by atoms with van der Waals surface area (Å²) >= 11 is 18.0. The number of pyridine rings is 1. The fourth-order valence-electron chi connectivity index (χ4n) is 2.06. The number of hydrogen-bond donors (Lipinski definition) is 0. The Kier molecular flexibility index (Phi) is 4.08. The van der Waals surface area contributed by atoms with Gasteiger partial charge in [-0.1, -0.05) is 34.8 Å². The third-order valence-electron chi connectivity index (χ3n) is 3.17. The van der Waals surface area contributed by atoms with Crippen molar-refractivity contribution >= 4 is 52.0 Å². The molecule has 0 saturated heterocycles. The Morgan fingerprint density at radius 2 is 1.68 bits per heavy atom. The molecule has 7 heteroatoms. The van der Waals surface area contributed by atoms with E-state index in [2.05, 4.69) is 15.2 Å². The van der Waals surface area contributed by atoms with Crippen LogP contribution in [0, 0.1) is 13.8 Å². The van der Waals surface area contributed by atoms with E-state index in [1.807, 2.05) is 36.6 Å². The second kappa shape index (κ2) is 5.88. The number of aromatic nitrogens is 2. The molecule has 3 rings (SSSR count). The summed E-state index contributed by atoms with van der Waals surface area (Å²) in [5.74, 6) is 0.650. The van der Waals surface area contributed by atoms with Crippen molar-refractivity contribution in [3.8, 4) is 0 Å². The molecule has 0 bridgehead atoms. The smallest absolute Gasteiger partial charge is 0.182 e. The van der Waals surface area contributed by atoms with Gasteiger partial charge in [0.1, 0.15) is 11.3 Å². The zero-order chi connectivity index (χ0) is 15.9. The van der Waals surface area contributed by atoms with Gasteiger partial charge in [-0.25, -0.2) is 4.98 Å². The first-order chi connectivity index (χ1) is 10.5. The van der Waals surface area contributed by atoms with Crippen molar-refractivity contribution in [3.05, 3.63) is 56.8 Å². The lowest BCUT2D eigenvalue weighted by Gasteiger charge is -2.01. The number of azo groups is 1. The van der Waals surface area contributed by atoms with Gasteiger partial charge in [-0.15, -0.1) is 10.2 Å². The first-order valence-corrected chi connectivity index (χ1v) is 7.60. The van der Waals surface area contributed by atoms with Crippen LogP contribution in [0.15, 0.2) is 40.7 Å². The quantitative estimate of drug-likeness (QED) is 0.392. The van der Waals surface area contributed by atoms with Gasteiger partial charge >= 0.3 is 0 Å². The number of aryl methyl sites for hydroxylation is 2. The molecule has 0 aliphatic rings. The Balaban J connectivity index is 2.06. The number of rotatable bonds is 2. The summed E-state index contributed by atoms with van der Waals surface area (Å²) in [6, 6.07) is 7.10. The van der Waals surface area contributed by atoms with Crippen LogP contribution >= 0.6 is 34.8 Å². The predicted molar refractivity (Wildman–Crippen MR) is 90.3 cm³/mol. The van der Waals surface area contributed by atoms with E-state index in [0.29, 0.717) is 26.6 Å². The molecule has 0 N–H and O–H groups in total. The lowest BCUT2D eigenvalue weighted by molar-refractivity contribution is 1.09. The topological polar surface area (TPSA) is 42.0 Å². The summed E-state index contributed by atoms with van der Waals surface area (Å²) in [4.78, 5) is 4.47. The fourth-order valence-corrected chi connectivity index (χ4v) is 2.64. The minimum atomic E-state index is 0.380. The molecule has 4 nitrogen and oxygen atoms in total. The largest absolute Gasteiger partial charge is 0.283 e. The lowest BCUT2D eigenvalue weighted by Crippen LogP contribution is -1.84. The van der Waals surface area contributed by atoms with Gasteiger partial charge in [0.15, 0.2) is 5.82 Å². The molecule has 22 heavy (non-hydrogen) atoms. The second-order valence-electron chi connectivity index (χ2n) is 4.87. The van der Waals surface area contributed by atoms with Crippen LogP contribution in [0.5, 0.6) is 0 Å². The first kappa shape index (κ1) is 15.3. The Labute approximate surface area is 142 Å². The predicted octanol–water partition coefficient (Wildman–Crippen LogP) is 6.33. The number of imidazole rings is 1. The number of benzene rings is 1. The van der Waals surface area contributed by atoms with Gasteiger partial charge in [-0.2, -0.15) is 0 Å². The van der Waals surface area contributed by atoms with Gasteiger partial charge in [0.2, 0.25) is 0 Å². The first-order valence-electron chi connectivity index (χ1n) is 6.47. The SMILES string of the molecule is Cc1ccn2c(N=Nc3cc(Cl)c(Cl)cc3Cl)c(C)nc2c1. The Morgan fingerprint density at radius 3 is 2.45 bits per heavy atom. The van der Waals surface area contributed by atoms with Crippen molar-refractivity contribution in [2.24, 2.45) is 10.2 Å². The third kappa shape index (κ3) is 2.82. The molecule has 0 fully saturated rings. The Hall–Kier alpha value is -1.62. The molecule has 3 aromatic rings. The molecule has 1 aromatic carbocycles. The average molecular weight is 354 g/mol. The zero-order valence-electron chi connectivity index (χ0n) is 11.8. The zero-order valence-corrected chi connectivity index (χ0v) is 14.1. The molecule has 0 radical (unpaired) electrons. The van der Waals surface area contributed by atoms with Crippen LogP contribution < -0.4 is 0 Å². The van der Waals surface area contributed by atoms with Gasteiger partial charge in [0.25, 0.3) is 0 Å². The summed E-state index contributed by atoms with van der Waals surface area (Å²) in [5, 5.41) is 9.59. The van der Waals surface area contributed by atoms with Crippen LogP contribution in [0.2, 0.25) is 15.1 Å². The molecule has 0 amide bonds. The van der Waals surface area contributed by atoms with Crippen molar-refractivity contribution in [2.75, 3.05) is 0 Å². The summed E-state index contributed by atoms with van der Waals surface area (Å²) in [5.41, 5.74) is 3.20. The standard InChI is InChI=1S/C15H11Cl3N4/c1-8-3-4-22-14(5-8)19-9(2)15(22)21-20-13-7-11(17)10(16)6-12(13)18/h3-7H,1-2H3. The van der Waals surface area contributed by atoms with E-state index >= 15 is 0 Å². The van der Waals surface area contributed by atoms with Gasteiger partial charge in [0, 0.05) is 6.20 Å². The van der Waals surface area contributed by atoms with E-state index in [0.717, 1.165) is 16.9 Å². The minimum Gasteiger partial charge on any atom is -0.283 e. The van der Waals surface area contributed by atoms with Crippen LogP contribution in [-0.2, 0) is 0 Å². The second-order valence-corrected chi connectivity index (χ2v) is 6.09. The molecule has 0 saturated carbocycles. The number of halogens is 3. The van der Waals surface area contributed by atoms with E-state index < -0.39 is 0 Å². The summed E-state index contributed by atoms with van der Waals surface area (Å²) in [6.07, 6.45) is 1.91. The van der Waals surface area contributed by atoms with E-state index in [1.54, 1.807) is 12.1 Å². The van der Waals surface area contributed by atoms with Crippen molar-refractivity contribution < 1.29 is 0 Å². The van der Waals surface area contributed by atoms with Crippen molar-refractivity contribution in [2.45, 2.75) is 13.8 Å². The van der Waals surface area contributed by atoms with Crippen LogP contribution in [0.3, 0.4) is 0 Å². The van der Waals surface area contributed by atoms with Gasteiger partial charge in [-0.3, -0.25) is 4.40 Å². The maximum Gasteiger partial charge on any atom is 0.182 e. The molecule has 0 atom stereocenters. The maximum atomic E-state index is 6.10. The molecular weight excluding hydrogens is 343 g/mol. The van der Waals surface area contributed by atoms with Gasteiger partial charge in [0.05, 0.1) is 20.8 Å². The lowest BCUT2D eigenvalue weighted by atomic mass is 10.3. The summed E-state index contributed by atoms with van der Waals surface area (Å²) in [7, 11) is 0. The fraction of sp³-hybridized carbons (Fsp3) is 0.133. The summed E-state index contributed by atoms with van der Waals surface area (Å²) in [6.45, 7) is 3.90. The summed E-state index contributed by atoms with van der Waals surface area (Å²) < 4.78 is 1.87. The highest BCUT2D eigenvalue weighted by Gasteiger charge is 2.09.